The van der Waals surface area contributed by atoms with Crippen molar-refractivity contribution < 1.29 is 8.42 Å². The minimum atomic E-state index is -3.30. The maximum Gasteiger partial charge on any atom is 0.209 e. The van der Waals surface area contributed by atoms with Crippen molar-refractivity contribution in [3.05, 3.63) is 70.8 Å². The van der Waals surface area contributed by atoms with E-state index in [4.69, 9.17) is 0 Å². The molecule has 0 saturated carbocycles. The van der Waals surface area contributed by atoms with Crippen LogP contribution in [0.1, 0.15) is 28.3 Å². The predicted octanol–water partition coefficient (Wildman–Crippen LogP) is 2.94. The van der Waals surface area contributed by atoms with Crippen molar-refractivity contribution in [2.75, 3.05) is 6.26 Å². The van der Waals surface area contributed by atoms with Crippen LogP contribution in [0.2, 0.25) is 0 Å². The number of benzene rings is 2. The first-order valence-electron chi connectivity index (χ1n) is 6.46. The van der Waals surface area contributed by atoms with E-state index >= 15 is 0 Å². The molecule has 0 amide bonds. The molecular formula is C16H19NO2S. The summed E-state index contributed by atoms with van der Waals surface area (Å²) in [7, 11) is -3.30. The fourth-order valence-electron chi connectivity index (χ4n) is 2.32. The van der Waals surface area contributed by atoms with Gasteiger partial charge in [-0.05, 0) is 30.5 Å². The monoisotopic (exact) mass is 289 g/mol. The molecule has 0 radical (unpaired) electrons. The second-order valence-electron chi connectivity index (χ2n) is 5.09. The van der Waals surface area contributed by atoms with Gasteiger partial charge >= 0.3 is 0 Å². The predicted molar refractivity (Wildman–Crippen MR) is 82.2 cm³/mol. The minimum absolute atomic E-state index is 0.355. The van der Waals surface area contributed by atoms with Crippen LogP contribution < -0.4 is 4.72 Å². The van der Waals surface area contributed by atoms with Gasteiger partial charge in [-0.25, -0.2) is 13.1 Å². The van der Waals surface area contributed by atoms with E-state index in [0.29, 0.717) is 0 Å². The van der Waals surface area contributed by atoms with Gasteiger partial charge in [-0.3, -0.25) is 0 Å². The molecule has 106 valence electrons. The van der Waals surface area contributed by atoms with E-state index in [1.54, 1.807) is 0 Å². The van der Waals surface area contributed by atoms with Crippen LogP contribution in [0.4, 0.5) is 0 Å². The van der Waals surface area contributed by atoms with E-state index in [1.165, 1.54) is 6.26 Å². The van der Waals surface area contributed by atoms with Crippen molar-refractivity contribution in [1.82, 2.24) is 4.72 Å². The highest BCUT2D eigenvalue weighted by atomic mass is 32.2. The molecule has 0 heterocycles. The molecule has 0 aromatic heterocycles. The maximum atomic E-state index is 11.7. The summed E-state index contributed by atoms with van der Waals surface area (Å²) in [5, 5.41) is 0. The van der Waals surface area contributed by atoms with Gasteiger partial charge < -0.3 is 0 Å². The van der Waals surface area contributed by atoms with Crippen LogP contribution in [0, 0.1) is 13.8 Å². The van der Waals surface area contributed by atoms with Crippen LogP contribution in [0.5, 0.6) is 0 Å². The van der Waals surface area contributed by atoms with E-state index in [2.05, 4.69) is 10.8 Å². The highest BCUT2D eigenvalue weighted by Crippen LogP contribution is 2.26. The lowest BCUT2D eigenvalue weighted by atomic mass is 9.95. The number of hydrogen-bond acceptors (Lipinski definition) is 2. The summed E-state index contributed by atoms with van der Waals surface area (Å²) in [5.41, 5.74) is 4.16. The molecule has 20 heavy (non-hydrogen) atoms. The lowest BCUT2D eigenvalue weighted by Crippen LogP contribution is -2.28. The molecule has 2 aromatic rings. The highest BCUT2D eigenvalue weighted by Gasteiger charge is 2.19. The Labute approximate surface area is 120 Å². The van der Waals surface area contributed by atoms with Gasteiger partial charge in [-0.2, -0.15) is 0 Å². The summed E-state index contributed by atoms with van der Waals surface area (Å²) in [5.74, 6) is 0. The number of sulfonamides is 1. The Kier molecular flexibility index (Phi) is 4.26. The SMILES string of the molecule is Cc1ccc(C(NS(C)(=O)=O)c2ccccc2)c(C)c1. The quantitative estimate of drug-likeness (QED) is 0.940. The van der Waals surface area contributed by atoms with Crippen LogP contribution >= 0.6 is 0 Å². The van der Waals surface area contributed by atoms with Crippen molar-refractivity contribution in [3.63, 3.8) is 0 Å². The molecule has 0 bridgehead atoms. The lowest BCUT2D eigenvalue weighted by Gasteiger charge is -2.21. The second-order valence-corrected chi connectivity index (χ2v) is 6.87. The molecule has 1 atom stereocenters. The number of hydrogen-bond donors (Lipinski definition) is 1. The topological polar surface area (TPSA) is 46.2 Å². The first-order valence-corrected chi connectivity index (χ1v) is 8.35. The van der Waals surface area contributed by atoms with E-state index < -0.39 is 10.0 Å². The first-order chi connectivity index (χ1) is 9.37. The van der Waals surface area contributed by atoms with Crippen LogP contribution in [0.25, 0.3) is 0 Å². The molecular weight excluding hydrogens is 270 g/mol. The molecule has 4 heteroatoms. The fraction of sp³-hybridized carbons (Fsp3) is 0.250. The molecule has 3 nitrogen and oxygen atoms in total. The molecule has 0 spiro atoms. The highest BCUT2D eigenvalue weighted by molar-refractivity contribution is 7.88. The van der Waals surface area contributed by atoms with Crippen molar-refractivity contribution in [2.24, 2.45) is 0 Å². The van der Waals surface area contributed by atoms with Gasteiger partial charge in [0.25, 0.3) is 0 Å². The zero-order chi connectivity index (χ0) is 14.8. The zero-order valence-corrected chi connectivity index (χ0v) is 12.7. The molecule has 0 aliphatic rings. The molecule has 0 saturated heterocycles. The third-order valence-electron chi connectivity index (χ3n) is 3.20. The van der Waals surface area contributed by atoms with Crippen molar-refractivity contribution in [1.29, 1.82) is 0 Å². The van der Waals surface area contributed by atoms with Crippen LogP contribution in [-0.4, -0.2) is 14.7 Å². The second kappa shape index (κ2) is 5.77. The van der Waals surface area contributed by atoms with Gasteiger partial charge in [0.05, 0.1) is 12.3 Å². The van der Waals surface area contributed by atoms with Gasteiger partial charge in [0.2, 0.25) is 10.0 Å². The van der Waals surface area contributed by atoms with E-state index in [-0.39, 0.29) is 6.04 Å². The first kappa shape index (κ1) is 14.8. The zero-order valence-electron chi connectivity index (χ0n) is 11.9. The van der Waals surface area contributed by atoms with Gasteiger partial charge in [0.1, 0.15) is 0 Å². The third-order valence-corrected chi connectivity index (χ3v) is 3.86. The third kappa shape index (κ3) is 3.68. The van der Waals surface area contributed by atoms with Gasteiger partial charge in [0, 0.05) is 0 Å². The Balaban J connectivity index is 2.52. The number of nitrogens with one attached hydrogen (secondary N) is 1. The molecule has 2 rings (SSSR count). The Morgan fingerprint density at radius 3 is 2.20 bits per heavy atom. The van der Waals surface area contributed by atoms with Crippen molar-refractivity contribution in [2.45, 2.75) is 19.9 Å². The molecule has 1 unspecified atom stereocenters. The Morgan fingerprint density at radius 2 is 1.65 bits per heavy atom. The minimum Gasteiger partial charge on any atom is -0.213 e. The fourth-order valence-corrected chi connectivity index (χ4v) is 3.01. The number of rotatable bonds is 4. The largest absolute Gasteiger partial charge is 0.213 e. The smallest absolute Gasteiger partial charge is 0.209 e. The number of aryl methyl sites for hydroxylation is 2. The summed E-state index contributed by atoms with van der Waals surface area (Å²) in [6.07, 6.45) is 1.19. The Hall–Kier alpha value is -1.65. The summed E-state index contributed by atoms with van der Waals surface area (Å²) < 4.78 is 26.0. The summed E-state index contributed by atoms with van der Waals surface area (Å²) in [6.45, 7) is 4.03. The van der Waals surface area contributed by atoms with E-state index in [9.17, 15) is 8.42 Å². The molecule has 0 fully saturated rings. The van der Waals surface area contributed by atoms with E-state index in [0.717, 1.165) is 22.3 Å². The van der Waals surface area contributed by atoms with Gasteiger partial charge in [-0.1, -0.05) is 54.1 Å². The normalized spacial score (nSPS) is 13.2. The van der Waals surface area contributed by atoms with Crippen LogP contribution in [0.3, 0.4) is 0 Å². The van der Waals surface area contributed by atoms with Gasteiger partial charge in [0.15, 0.2) is 0 Å². The van der Waals surface area contributed by atoms with Crippen molar-refractivity contribution in [3.8, 4) is 0 Å². The summed E-state index contributed by atoms with van der Waals surface area (Å²) in [6, 6.07) is 15.3. The maximum absolute atomic E-state index is 11.7. The Morgan fingerprint density at radius 1 is 1.00 bits per heavy atom. The molecule has 0 aliphatic heterocycles. The van der Waals surface area contributed by atoms with Crippen LogP contribution in [-0.2, 0) is 10.0 Å². The van der Waals surface area contributed by atoms with Crippen molar-refractivity contribution >= 4 is 10.0 Å². The molecule has 1 N–H and O–H groups in total. The lowest BCUT2D eigenvalue weighted by molar-refractivity contribution is 0.578. The average molecular weight is 289 g/mol. The Bertz CT molecular complexity index is 694. The van der Waals surface area contributed by atoms with E-state index in [1.807, 2.05) is 56.3 Å². The molecule has 0 aliphatic carbocycles. The average Bonchev–Trinajstić information content (AvgIpc) is 2.36. The standard InChI is InChI=1S/C16H19NO2S/c1-12-9-10-15(13(2)11-12)16(17-20(3,18)19)14-7-5-4-6-8-14/h4-11,16-17H,1-3H3. The summed E-state index contributed by atoms with van der Waals surface area (Å²) in [4.78, 5) is 0. The summed E-state index contributed by atoms with van der Waals surface area (Å²) >= 11 is 0. The molecule has 2 aromatic carbocycles. The van der Waals surface area contributed by atoms with Crippen LogP contribution in [0.15, 0.2) is 48.5 Å². The van der Waals surface area contributed by atoms with Gasteiger partial charge in [-0.15, -0.1) is 0 Å².